The Balaban J connectivity index is 0.00000361. The standard InChI is InChI=1S/C17H30O2.Zr/c1-4-8-15(13(2)3)11-16(18)12-17(19)14-9-6-5-7-10-14;/h12-15,18H,4-11H2,1-3H3;/b16-12-;. The van der Waals surface area contributed by atoms with Crippen LogP contribution in [0, 0.1) is 17.8 Å². The summed E-state index contributed by atoms with van der Waals surface area (Å²) in [5.74, 6) is 1.65. The van der Waals surface area contributed by atoms with Gasteiger partial charge >= 0.3 is 0 Å². The predicted molar refractivity (Wildman–Crippen MR) is 80.1 cm³/mol. The van der Waals surface area contributed by atoms with E-state index >= 15 is 0 Å². The maximum atomic E-state index is 12.1. The van der Waals surface area contributed by atoms with E-state index in [-0.39, 0.29) is 37.9 Å². The molecular formula is C17H30O2Zr. The Hall–Kier alpha value is 0.0931. The summed E-state index contributed by atoms with van der Waals surface area (Å²) in [6.45, 7) is 6.55. The monoisotopic (exact) mass is 356 g/mol. The number of aliphatic hydroxyl groups is 1. The third-order valence-corrected chi connectivity index (χ3v) is 4.39. The number of ketones is 1. The maximum Gasteiger partial charge on any atom is 0.162 e. The van der Waals surface area contributed by atoms with Crippen molar-refractivity contribution in [2.75, 3.05) is 0 Å². The first-order valence-corrected chi connectivity index (χ1v) is 7.98. The number of carbonyl (C=O) groups excluding carboxylic acids is 1. The molecule has 1 N–H and O–H groups in total. The molecule has 2 nitrogen and oxygen atoms in total. The van der Waals surface area contributed by atoms with Crippen LogP contribution in [0.3, 0.4) is 0 Å². The van der Waals surface area contributed by atoms with Crippen LogP contribution in [0.15, 0.2) is 11.8 Å². The zero-order valence-electron chi connectivity index (χ0n) is 13.3. The third-order valence-electron chi connectivity index (χ3n) is 4.39. The summed E-state index contributed by atoms with van der Waals surface area (Å²) in [6, 6.07) is 0. The molecule has 0 aromatic carbocycles. The fourth-order valence-electron chi connectivity index (χ4n) is 3.04. The topological polar surface area (TPSA) is 37.3 Å². The summed E-state index contributed by atoms with van der Waals surface area (Å²) in [6.07, 6.45) is 10.0. The Bertz CT molecular complexity index is 304. The van der Waals surface area contributed by atoms with Gasteiger partial charge in [-0.25, -0.2) is 0 Å². The smallest absolute Gasteiger partial charge is 0.162 e. The molecule has 0 amide bonds. The van der Waals surface area contributed by atoms with Crippen molar-refractivity contribution in [3.05, 3.63) is 11.8 Å². The second kappa shape index (κ2) is 10.8. The van der Waals surface area contributed by atoms with Crippen LogP contribution in [-0.2, 0) is 31.0 Å². The summed E-state index contributed by atoms with van der Waals surface area (Å²) in [4.78, 5) is 12.1. The predicted octanol–water partition coefficient (Wildman–Crippen LogP) is 5.04. The average molecular weight is 358 g/mol. The van der Waals surface area contributed by atoms with Gasteiger partial charge in [-0.3, -0.25) is 4.79 Å². The molecule has 114 valence electrons. The van der Waals surface area contributed by atoms with E-state index in [1.165, 1.54) is 12.5 Å². The molecule has 0 bridgehead atoms. The summed E-state index contributed by atoms with van der Waals surface area (Å²) >= 11 is 0. The van der Waals surface area contributed by atoms with Gasteiger partial charge in [0.25, 0.3) is 0 Å². The number of hydrogen-bond donors (Lipinski definition) is 1. The van der Waals surface area contributed by atoms with E-state index in [1.54, 1.807) is 0 Å². The van der Waals surface area contributed by atoms with Crippen LogP contribution in [0.5, 0.6) is 0 Å². The first-order chi connectivity index (χ1) is 9.04. The first kappa shape index (κ1) is 20.1. The van der Waals surface area contributed by atoms with Crippen LogP contribution in [0.1, 0.15) is 72.1 Å². The van der Waals surface area contributed by atoms with Gasteiger partial charge in [-0.2, -0.15) is 0 Å². The number of rotatable bonds is 7. The Morgan fingerprint density at radius 3 is 2.35 bits per heavy atom. The van der Waals surface area contributed by atoms with E-state index in [9.17, 15) is 9.90 Å². The van der Waals surface area contributed by atoms with Gasteiger partial charge in [-0.15, -0.1) is 0 Å². The van der Waals surface area contributed by atoms with Crippen molar-refractivity contribution in [1.82, 2.24) is 0 Å². The zero-order chi connectivity index (χ0) is 14.3. The maximum absolute atomic E-state index is 12.1. The van der Waals surface area contributed by atoms with E-state index in [0.29, 0.717) is 24.0 Å². The largest absolute Gasteiger partial charge is 0.512 e. The van der Waals surface area contributed by atoms with E-state index in [1.807, 2.05) is 0 Å². The van der Waals surface area contributed by atoms with E-state index < -0.39 is 0 Å². The zero-order valence-corrected chi connectivity index (χ0v) is 15.8. The van der Waals surface area contributed by atoms with Gasteiger partial charge in [0.05, 0.1) is 5.76 Å². The molecule has 1 unspecified atom stereocenters. The minimum Gasteiger partial charge on any atom is -0.512 e. The molecular weight excluding hydrogens is 327 g/mol. The average Bonchev–Trinajstić information content (AvgIpc) is 2.39. The van der Waals surface area contributed by atoms with Crippen LogP contribution in [0.2, 0.25) is 0 Å². The van der Waals surface area contributed by atoms with Crippen molar-refractivity contribution in [2.45, 2.75) is 72.1 Å². The van der Waals surface area contributed by atoms with E-state index in [2.05, 4.69) is 20.8 Å². The molecule has 0 spiro atoms. The van der Waals surface area contributed by atoms with Crippen molar-refractivity contribution in [3.8, 4) is 0 Å². The fourth-order valence-corrected chi connectivity index (χ4v) is 3.04. The molecule has 20 heavy (non-hydrogen) atoms. The molecule has 0 aromatic rings. The molecule has 0 aliphatic heterocycles. The van der Waals surface area contributed by atoms with E-state index in [0.717, 1.165) is 38.5 Å². The van der Waals surface area contributed by atoms with Crippen LogP contribution < -0.4 is 0 Å². The van der Waals surface area contributed by atoms with Crippen LogP contribution in [0.4, 0.5) is 0 Å². The fraction of sp³-hybridized carbons (Fsp3) is 0.824. The molecule has 0 heterocycles. The third kappa shape index (κ3) is 7.20. The van der Waals surface area contributed by atoms with Crippen molar-refractivity contribution in [3.63, 3.8) is 0 Å². The number of carbonyl (C=O) groups is 1. The molecule has 0 saturated heterocycles. The van der Waals surface area contributed by atoms with Gasteiger partial charge in [0.15, 0.2) is 5.78 Å². The van der Waals surface area contributed by atoms with E-state index in [4.69, 9.17) is 0 Å². The van der Waals surface area contributed by atoms with Crippen LogP contribution in [0.25, 0.3) is 0 Å². The quantitative estimate of drug-likeness (QED) is 0.512. The normalized spacial score (nSPS) is 18.7. The van der Waals surface area contributed by atoms with Crippen molar-refractivity contribution in [1.29, 1.82) is 0 Å². The molecule has 1 rings (SSSR count). The SMILES string of the molecule is CCCC(C/C(O)=C/C(=O)C1CCCCC1)C(C)C.[Zr]. The minimum absolute atomic E-state index is 0. The summed E-state index contributed by atoms with van der Waals surface area (Å²) in [5.41, 5.74) is 0. The van der Waals surface area contributed by atoms with Crippen molar-refractivity contribution < 1.29 is 36.1 Å². The number of aliphatic hydroxyl groups excluding tert-OH is 1. The van der Waals surface area contributed by atoms with Crippen molar-refractivity contribution in [2.24, 2.45) is 17.8 Å². The Labute approximate surface area is 143 Å². The molecule has 3 heteroatoms. The molecule has 0 radical (unpaired) electrons. The van der Waals surface area contributed by atoms with Gasteiger partial charge in [-0.1, -0.05) is 52.9 Å². The molecule has 1 fully saturated rings. The van der Waals surface area contributed by atoms with Gasteiger partial charge in [0.1, 0.15) is 0 Å². The first-order valence-electron chi connectivity index (χ1n) is 7.98. The second-order valence-electron chi connectivity index (χ2n) is 6.37. The van der Waals surface area contributed by atoms with Gasteiger partial charge in [-0.05, 0) is 24.7 Å². The number of allylic oxidation sites excluding steroid dienone is 2. The molecule has 1 aliphatic rings. The van der Waals surface area contributed by atoms with Crippen LogP contribution >= 0.6 is 0 Å². The molecule has 0 aromatic heterocycles. The molecule has 1 saturated carbocycles. The van der Waals surface area contributed by atoms with Gasteiger partial charge < -0.3 is 5.11 Å². The van der Waals surface area contributed by atoms with Crippen LogP contribution in [-0.4, -0.2) is 10.9 Å². The Kier molecular flexibility index (Phi) is 10.8. The minimum atomic E-state index is 0. The summed E-state index contributed by atoms with van der Waals surface area (Å²) < 4.78 is 0. The second-order valence-corrected chi connectivity index (χ2v) is 6.37. The number of hydrogen-bond acceptors (Lipinski definition) is 2. The summed E-state index contributed by atoms with van der Waals surface area (Å²) in [7, 11) is 0. The van der Waals surface area contributed by atoms with Crippen molar-refractivity contribution >= 4 is 5.78 Å². The summed E-state index contributed by atoms with van der Waals surface area (Å²) in [5, 5.41) is 10.0. The molecule has 1 atom stereocenters. The Morgan fingerprint density at radius 1 is 1.25 bits per heavy atom. The molecule has 1 aliphatic carbocycles. The Morgan fingerprint density at radius 2 is 1.85 bits per heavy atom. The van der Waals surface area contributed by atoms with Gasteiger partial charge in [0.2, 0.25) is 0 Å². The van der Waals surface area contributed by atoms with Gasteiger partial charge in [0, 0.05) is 44.6 Å².